The number of nitrogens with one attached hydrogen (secondary N) is 1. The zero-order chi connectivity index (χ0) is 14.8. The van der Waals surface area contributed by atoms with Crippen molar-refractivity contribution >= 4 is 21.2 Å². The largest absolute Gasteiger partial charge is 0.310 e. The lowest BCUT2D eigenvalue weighted by molar-refractivity contribution is 0.275. The second kappa shape index (κ2) is 6.58. The zero-order valence-electron chi connectivity index (χ0n) is 12.6. The molecule has 3 unspecified atom stereocenters. The standard InChI is InChI=1S/C15H25NO2S2/c1-4-16-15(14-10-19-9-11(14)2)12-6-5-7-13(8-12)20(3,17)18/h9-10,12-13,15-16H,4-8H2,1-3H3. The van der Waals surface area contributed by atoms with Gasteiger partial charge in [-0.2, -0.15) is 11.3 Å². The first-order valence-corrected chi connectivity index (χ1v) is 10.3. The van der Waals surface area contributed by atoms with Crippen molar-refractivity contribution in [3.63, 3.8) is 0 Å². The molecule has 1 heterocycles. The summed E-state index contributed by atoms with van der Waals surface area (Å²) in [5.41, 5.74) is 2.68. The summed E-state index contributed by atoms with van der Waals surface area (Å²) < 4.78 is 23.7. The zero-order valence-corrected chi connectivity index (χ0v) is 14.2. The molecule has 0 bridgehead atoms. The van der Waals surface area contributed by atoms with Crippen molar-refractivity contribution in [2.45, 2.75) is 50.8 Å². The van der Waals surface area contributed by atoms with E-state index in [1.165, 1.54) is 17.4 Å². The second-order valence-electron chi connectivity index (χ2n) is 5.92. The molecule has 0 saturated heterocycles. The van der Waals surface area contributed by atoms with Crippen LogP contribution in [0, 0.1) is 12.8 Å². The SMILES string of the molecule is CCNC(c1cscc1C)C1CCCC(S(C)(=O)=O)C1. The lowest BCUT2D eigenvalue weighted by Gasteiger charge is -2.34. The third-order valence-corrected chi connectivity index (χ3v) is 6.92. The molecule has 20 heavy (non-hydrogen) atoms. The van der Waals surface area contributed by atoms with Crippen LogP contribution in [-0.2, 0) is 9.84 Å². The van der Waals surface area contributed by atoms with Crippen LogP contribution in [0.2, 0.25) is 0 Å². The Balaban J connectivity index is 2.19. The van der Waals surface area contributed by atoms with Gasteiger partial charge < -0.3 is 5.32 Å². The van der Waals surface area contributed by atoms with Gasteiger partial charge in [0, 0.05) is 12.3 Å². The maximum absolute atomic E-state index is 11.8. The second-order valence-corrected chi connectivity index (χ2v) is 8.99. The van der Waals surface area contributed by atoms with Gasteiger partial charge in [0.1, 0.15) is 9.84 Å². The molecule has 0 aliphatic heterocycles. The topological polar surface area (TPSA) is 46.2 Å². The molecule has 1 fully saturated rings. The fourth-order valence-corrected chi connectivity index (χ4v) is 5.39. The van der Waals surface area contributed by atoms with Gasteiger partial charge in [-0.25, -0.2) is 8.42 Å². The molecule has 2 rings (SSSR count). The Morgan fingerprint density at radius 3 is 2.70 bits per heavy atom. The third kappa shape index (κ3) is 3.62. The number of hydrogen-bond acceptors (Lipinski definition) is 4. The van der Waals surface area contributed by atoms with Crippen LogP contribution in [0.25, 0.3) is 0 Å². The number of thiophene rings is 1. The predicted molar refractivity (Wildman–Crippen MR) is 86.1 cm³/mol. The van der Waals surface area contributed by atoms with Crippen LogP contribution >= 0.6 is 11.3 Å². The van der Waals surface area contributed by atoms with E-state index in [2.05, 4.69) is 29.9 Å². The van der Waals surface area contributed by atoms with E-state index in [9.17, 15) is 8.42 Å². The van der Waals surface area contributed by atoms with E-state index in [0.717, 1.165) is 32.2 Å². The molecule has 0 aromatic carbocycles. The lowest BCUT2D eigenvalue weighted by Crippen LogP contribution is -2.35. The highest BCUT2D eigenvalue weighted by Crippen LogP contribution is 2.38. The molecule has 1 N–H and O–H groups in total. The first-order chi connectivity index (χ1) is 9.43. The van der Waals surface area contributed by atoms with Crippen molar-refractivity contribution in [3.8, 4) is 0 Å². The minimum atomic E-state index is -2.91. The van der Waals surface area contributed by atoms with Gasteiger partial charge in [0.2, 0.25) is 0 Å². The number of hydrogen-bond donors (Lipinski definition) is 1. The highest BCUT2D eigenvalue weighted by atomic mass is 32.2. The molecule has 1 saturated carbocycles. The minimum Gasteiger partial charge on any atom is -0.310 e. The molecular formula is C15H25NO2S2. The van der Waals surface area contributed by atoms with E-state index < -0.39 is 9.84 Å². The lowest BCUT2D eigenvalue weighted by atomic mass is 9.80. The summed E-state index contributed by atoms with van der Waals surface area (Å²) in [5.74, 6) is 0.428. The summed E-state index contributed by atoms with van der Waals surface area (Å²) in [6.45, 7) is 5.18. The summed E-state index contributed by atoms with van der Waals surface area (Å²) in [5, 5.41) is 7.82. The molecule has 114 valence electrons. The van der Waals surface area contributed by atoms with Crippen molar-refractivity contribution < 1.29 is 8.42 Å². The van der Waals surface area contributed by atoms with E-state index in [1.807, 2.05) is 0 Å². The number of aryl methyl sites for hydroxylation is 1. The van der Waals surface area contributed by atoms with Gasteiger partial charge in [0.15, 0.2) is 0 Å². The van der Waals surface area contributed by atoms with E-state index >= 15 is 0 Å². The van der Waals surface area contributed by atoms with Gasteiger partial charge in [0.05, 0.1) is 5.25 Å². The molecule has 3 nitrogen and oxygen atoms in total. The van der Waals surface area contributed by atoms with Crippen LogP contribution in [0.5, 0.6) is 0 Å². The molecule has 0 spiro atoms. The van der Waals surface area contributed by atoms with Gasteiger partial charge in [-0.3, -0.25) is 0 Å². The van der Waals surface area contributed by atoms with E-state index in [1.54, 1.807) is 11.3 Å². The molecule has 0 amide bonds. The van der Waals surface area contributed by atoms with Gasteiger partial charge in [-0.05, 0) is 60.5 Å². The monoisotopic (exact) mass is 315 g/mol. The van der Waals surface area contributed by atoms with Crippen LogP contribution < -0.4 is 5.32 Å². The summed E-state index contributed by atoms with van der Waals surface area (Å²) >= 11 is 1.73. The van der Waals surface area contributed by atoms with Crippen molar-refractivity contribution in [1.29, 1.82) is 0 Å². The average molecular weight is 316 g/mol. The van der Waals surface area contributed by atoms with Gasteiger partial charge in [0.25, 0.3) is 0 Å². The normalized spacial score (nSPS) is 25.6. The first-order valence-electron chi connectivity index (χ1n) is 7.38. The van der Waals surface area contributed by atoms with E-state index in [4.69, 9.17) is 0 Å². The Kier molecular flexibility index (Phi) is 5.26. The van der Waals surface area contributed by atoms with Crippen molar-refractivity contribution in [3.05, 3.63) is 21.9 Å². The first kappa shape index (κ1) is 16.0. The van der Waals surface area contributed by atoms with Crippen molar-refractivity contribution in [1.82, 2.24) is 5.32 Å². The molecule has 1 aliphatic carbocycles. The predicted octanol–water partition coefficient (Wildman–Crippen LogP) is 3.31. The molecule has 1 aromatic rings. The molecule has 5 heteroatoms. The Morgan fingerprint density at radius 1 is 1.40 bits per heavy atom. The van der Waals surface area contributed by atoms with Crippen LogP contribution in [0.1, 0.15) is 49.8 Å². The van der Waals surface area contributed by atoms with Gasteiger partial charge in [-0.1, -0.05) is 13.3 Å². The van der Waals surface area contributed by atoms with E-state index in [-0.39, 0.29) is 5.25 Å². The number of sulfone groups is 1. The summed E-state index contributed by atoms with van der Waals surface area (Å²) in [6.07, 6.45) is 5.16. The number of rotatable bonds is 5. The van der Waals surface area contributed by atoms with Crippen LogP contribution in [0.15, 0.2) is 10.8 Å². The highest BCUT2D eigenvalue weighted by Gasteiger charge is 2.33. The fraction of sp³-hybridized carbons (Fsp3) is 0.733. The molecule has 3 atom stereocenters. The Bertz CT molecular complexity index is 536. The molecule has 1 aliphatic rings. The van der Waals surface area contributed by atoms with Crippen LogP contribution in [0.4, 0.5) is 0 Å². The quantitative estimate of drug-likeness (QED) is 0.907. The summed E-state index contributed by atoms with van der Waals surface area (Å²) in [7, 11) is -2.91. The van der Waals surface area contributed by atoms with Gasteiger partial charge >= 0.3 is 0 Å². The fourth-order valence-electron chi connectivity index (χ4n) is 3.31. The highest BCUT2D eigenvalue weighted by molar-refractivity contribution is 7.91. The Morgan fingerprint density at radius 2 is 2.15 bits per heavy atom. The third-order valence-electron chi connectivity index (χ3n) is 4.40. The Labute approximate surface area is 126 Å². The maximum Gasteiger partial charge on any atom is 0.150 e. The van der Waals surface area contributed by atoms with Crippen LogP contribution in [0.3, 0.4) is 0 Å². The molecule has 1 aromatic heterocycles. The smallest absolute Gasteiger partial charge is 0.150 e. The maximum atomic E-state index is 11.8. The van der Waals surface area contributed by atoms with Gasteiger partial charge in [-0.15, -0.1) is 0 Å². The average Bonchev–Trinajstić information content (AvgIpc) is 2.81. The minimum absolute atomic E-state index is 0.152. The van der Waals surface area contributed by atoms with Crippen LogP contribution in [-0.4, -0.2) is 26.5 Å². The molecular weight excluding hydrogens is 290 g/mol. The molecule has 0 radical (unpaired) electrons. The Hall–Kier alpha value is -0.390. The summed E-state index contributed by atoms with van der Waals surface area (Å²) in [6, 6.07) is 0.302. The van der Waals surface area contributed by atoms with Crippen molar-refractivity contribution in [2.24, 2.45) is 5.92 Å². The van der Waals surface area contributed by atoms with E-state index in [0.29, 0.717) is 12.0 Å². The summed E-state index contributed by atoms with van der Waals surface area (Å²) in [4.78, 5) is 0. The van der Waals surface area contributed by atoms with Crippen molar-refractivity contribution in [2.75, 3.05) is 12.8 Å².